The van der Waals surface area contributed by atoms with Crippen LogP contribution in [0.4, 0.5) is 15.3 Å². The number of fused-ring (bicyclic) bond motifs is 1. The normalized spacial score (nSPS) is 15.1. The Kier molecular flexibility index (Phi) is 6.72. The molecule has 0 N–H and O–H groups in total. The largest absolute Gasteiger partial charge is 0.305 e. The minimum Gasteiger partial charge on any atom is -0.305 e. The van der Waals surface area contributed by atoms with Crippen molar-refractivity contribution in [1.29, 1.82) is 0 Å². The van der Waals surface area contributed by atoms with Crippen molar-refractivity contribution in [2.45, 2.75) is 32.1 Å². The van der Waals surface area contributed by atoms with E-state index < -0.39 is 0 Å². The van der Waals surface area contributed by atoms with Crippen molar-refractivity contribution in [3.05, 3.63) is 77.0 Å². The van der Waals surface area contributed by atoms with E-state index in [1.165, 1.54) is 17.7 Å². The van der Waals surface area contributed by atoms with Gasteiger partial charge in [0.15, 0.2) is 5.13 Å². The van der Waals surface area contributed by atoms with E-state index in [9.17, 15) is 4.39 Å². The zero-order valence-corrected chi connectivity index (χ0v) is 21.1. The number of aryl methyl sites for hydroxylation is 1. The molecule has 0 amide bonds. The molecule has 0 saturated carbocycles. The second-order valence-electron chi connectivity index (χ2n) is 8.48. The van der Waals surface area contributed by atoms with E-state index in [1.807, 2.05) is 17.8 Å². The lowest BCUT2D eigenvalue weighted by molar-refractivity contribution is 0.347. The Balaban J connectivity index is 1.46. The molecule has 176 valence electrons. The van der Waals surface area contributed by atoms with Crippen LogP contribution in [0, 0.1) is 5.82 Å². The maximum atomic E-state index is 13.3. The number of piperidine rings is 1. The van der Waals surface area contributed by atoms with Gasteiger partial charge in [-0.25, -0.2) is 18.7 Å². The number of halogens is 1. The van der Waals surface area contributed by atoms with Crippen LogP contribution in [0.3, 0.4) is 0 Å². The predicted molar refractivity (Wildman–Crippen MR) is 141 cm³/mol. The highest BCUT2D eigenvalue weighted by Gasteiger charge is 2.23. The average molecular weight is 494 g/mol. The summed E-state index contributed by atoms with van der Waals surface area (Å²) < 4.78 is 17.9. The van der Waals surface area contributed by atoms with E-state index in [1.54, 1.807) is 35.4 Å². The Morgan fingerprint density at radius 1 is 1.18 bits per heavy atom. The summed E-state index contributed by atoms with van der Waals surface area (Å²) in [5.74, 6) is 1.36. The fourth-order valence-corrected chi connectivity index (χ4v) is 6.03. The number of hydrogen-bond donors (Lipinski definition) is 0. The highest BCUT2D eigenvalue weighted by atomic mass is 32.2. The van der Waals surface area contributed by atoms with Crippen molar-refractivity contribution in [1.82, 2.24) is 18.7 Å². The quantitative estimate of drug-likeness (QED) is 0.262. The maximum absolute atomic E-state index is 13.3. The van der Waals surface area contributed by atoms with Crippen LogP contribution in [0.5, 0.6) is 0 Å². The number of nitrogens with zero attached hydrogens (tertiary/aromatic N) is 5. The van der Waals surface area contributed by atoms with Crippen LogP contribution >= 0.6 is 23.3 Å². The Bertz CT molecular complexity index is 1290. The lowest BCUT2D eigenvalue weighted by atomic mass is 9.91. The van der Waals surface area contributed by atoms with Gasteiger partial charge in [0, 0.05) is 37.3 Å². The van der Waals surface area contributed by atoms with E-state index >= 15 is 0 Å². The van der Waals surface area contributed by atoms with E-state index in [0.717, 1.165) is 65.9 Å². The molecule has 0 atom stereocenters. The summed E-state index contributed by atoms with van der Waals surface area (Å²) in [5.41, 5.74) is 5.13. The summed E-state index contributed by atoms with van der Waals surface area (Å²) in [6.45, 7) is 8.12. The van der Waals surface area contributed by atoms with E-state index in [0.29, 0.717) is 5.92 Å². The van der Waals surface area contributed by atoms with Crippen molar-refractivity contribution >= 4 is 39.9 Å². The van der Waals surface area contributed by atoms with E-state index in [2.05, 4.69) is 45.4 Å². The van der Waals surface area contributed by atoms with Crippen LogP contribution in [0.1, 0.15) is 36.9 Å². The van der Waals surface area contributed by atoms with Crippen molar-refractivity contribution in [2.75, 3.05) is 25.0 Å². The molecule has 1 fully saturated rings. The molecule has 4 heterocycles. The second kappa shape index (κ2) is 9.90. The highest BCUT2D eigenvalue weighted by Crippen LogP contribution is 2.36. The molecule has 0 aliphatic carbocycles. The molecule has 1 aliphatic rings. The Morgan fingerprint density at radius 3 is 2.65 bits per heavy atom. The van der Waals surface area contributed by atoms with Gasteiger partial charge in [0.1, 0.15) is 17.3 Å². The van der Waals surface area contributed by atoms with Gasteiger partial charge in [-0.2, -0.15) is 0 Å². The number of anilines is 2. The number of benzene rings is 1. The summed E-state index contributed by atoms with van der Waals surface area (Å²) >= 11 is 3.30. The van der Waals surface area contributed by atoms with Gasteiger partial charge in [-0.15, -0.1) is 11.3 Å². The van der Waals surface area contributed by atoms with Crippen LogP contribution in [0.15, 0.2) is 60.0 Å². The zero-order chi connectivity index (χ0) is 23.7. The molecule has 5 nitrogen and oxygen atoms in total. The maximum Gasteiger partial charge on any atom is 0.191 e. The topological polar surface area (TPSA) is 36.7 Å². The average Bonchev–Trinajstić information content (AvgIpc) is 3.49. The molecule has 8 heteroatoms. The number of aromatic nitrogens is 3. The smallest absolute Gasteiger partial charge is 0.191 e. The Labute approximate surface area is 208 Å². The van der Waals surface area contributed by atoms with Crippen LogP contribution < -0.4 is 4.90 Å². The molecule has 1 aromatic carbocycles. The van der Waals surface area contributed by atoms with Gasteiger partial charge in [-0.05, 0) is 66.5 Å². The molecular formula is C26H28FN5S2. The molecule has 0 unspecified atom stereocenters. The molecular weight excluding hydrogens is 465 g/mol. The molecule has 0 bridgehead atoms. The van der Waals surface area contributed by atoms with Crippen molar-refractivity contribution in [2.24, 2.45) is 0 Å². The van der Waals surface area contributed by atoms with Gasteiger partial charge in [0.25, 0.3) is 0 Å². The third-order valence-corrected chi connectivity index (χ3v) is 8.14. The molecule has 3 aromatic heterocycles. The van der Waals surface area contributed by atoms with E-state index in [4.69, 9.17) is 9.97 Å². The first kappa shape index (κ1) is 23.1. The third kappa shape index (κ3) is 4.50. The Hall–Kier alpha value is -2.68. The zero-order valence-electron chi connectivity index (χ0n) is 19.4. The minimum absolute atomic E-state index is 0.240. The van der Waals surface area contributed by atoms with Crippen molar-refractivity contribution in [3.8, 4) is 11.3 Å². The third-order valence-electron chi connectivity index (χ3n) is 6.41. The number of thiazole rings is 1. The first-order valence-electron chi connectivity index (χ1n) is 11.6. The fraction of sp³-hybridized carbons (Fsp3) is 0.308. The molecule has 1 aliphatic heterocycles. The summed E-state index contributed by atoms with van der Waals surface area (Å²) in [7, 11) is 2.05. The lowest BCUT2D eigenvalue weighted by Gasteiger charge is -2.30. The van der Waals surface area contributed by atoms with Crippen LogP contribution in [0.25, 0.3) is 16.9 Å². The standard InChI is InChI=1S/C26H28FN5S2/c1-4-22-25(30(3)26-29-23(17-33-26)19-6-9-21(27)10-7-19)32-16-20(8-11-24(32)28-22)18-12-14-31(15-13-18)34-5-2/h5-11,16-18H,2,4,12-15H2,1,3H3. The summed E-state index contributed by atoms with van der Waals surface area (Å²) in [6, 6.07) is 10.9. The summed E-state index contributed by atoms with van der Waals surface area (Å²) in [4.78, 5) is 11.9. The SMILES string of the molecule is C=CSN1CCC(c2ccc3nc(CC)c(N(C)c4nc(-c5ccc(F)cc5)cs4)n3c2)CC1. The number of pyridine rings is 1. The Morgan fingerprint density at radius 2 is 1.94 bits per heavy atom. The molecule has 5 rings (SSSR count). The number of hydrogen-bond acceptors (Lipinski definition) is 6. The molecule has 4 aromatic rings. The lowest BCUT2D eigenvalue weighted by Crippen LogP contribution is -2.27. The van der Waals surface area contributed by atoms with Crippen LogP contribution in [0.2, 0.25) is 0 Å². The predicted octanol–water partition coefficient (Wildman–Crippen LogP) is 6.90. The summed E-state index contributed by atoms with van der Waals surface area (Å²) in [6.07, 6.45) is 5.38. The van der Waals surface area contributed by atoms with Crippen LogP contribution in [-0.4, -0.2) is 38.8 Å². The molecule has 0 radical (unpaired) electrons. The van der Waals surface area contributed by atoms with Gasteiger partial charge in [-0.1, -0.05) is 31.5 Å². The van der Waals surface area contributed by atoms with Crippen molar-refractivity contribution in [3.63, 3.8) is 0 Å². The number of rotatable bonds is 7. The summed E-state index contributed by atoms with van der Waals surface area (Å²) in [5, 5.41) is 4.82. The van der Waals surface area contributed by atoms with Gasteiger partial charge < -0.3 is 4.90 Å². The highest BCUT2D eigenvalue weighted by molar-refractivity contribution is 7.99. The molecule has 0 spiro atoms. The van der Waals surface area contributed by atoms with Gasteiger partial charge in [0.2, 0.25) is 0 Å². The van der Waals surface area contributed by atoms with Crippen molar-refractivity contribution < 1.29 is 4.39 Å². The first-order valence-corrected chi connectivity index (χ1v) is 13.3. The van der Waals surface area contributed by atoms with E-state index in [-0.39, 0.29) is 5.82 Å². The number of imidazole rings is 1. The van der Waals surface area contributed by atoms with Gasteiger partial charge in [0.05, 0.1) is 11.4 Å². The molecule has 1 saturated heterocycles. The van der Waals surface area contributed by atoms with Gasteiger partial charge in [-0.3, -0.25) is 4.40 Å². The van der Waals surface area contributed by atoms with Crippen LogP contribution in [-0.2, 0) is 6.42 Å². The second-order valence-corrected chi connectivity index (χ2v) is 10.4. The monoisotopic (exact) mass is 493 g/mol. The fourth-order valence-electron chi connectivity index (χ4n) is 4.59. The molecule has 34 heavy (non-hydrogen) atoms. The first-order chi connectivity index (χ1) is 16.6. The minimum atomic E-state index is -0.240. The van der Waals surface area contributed by atoms with Gasteiger partial charge >= 0.3 is 0 Å².